The number of nitrogens with one attached hydrogen (secondary N) is 1. The monoisotopic (exact) mass is 369 g/mol. The Morgan fingerprint density at radius 1 is 1.33 bits per heavy atom. The van der Waals surface area contributed by atoms with Crippen LogP contribution in [-0.2, 0) is 9.53 Å². The Hall–Kier alpha value is -1.65. The molecule has 1 aromatic carbocycles. The SMILES string of the molecule is C[C@H](NC[C@H]1C(=O)O[C@@H]2CC3=CCC[C@@H](C)[C@@]3(C)[C@@H](O)[C@@H]21)c1ccccc1. The van der Waals surface area contributed by atoms with Gasteiger partial charge in [0.05, 0.1) is 12.0 Å². The van der Waals surface area contributed by atoms with E-state index in [1.165, 1.54) is 11.1 Å². The van der Waals surface area contributed by atoms with Crippen molar-refractivity contribution in [1.29, 1.82) is 0 Å². The highest BCUT2D eigenvalue weighted by Crippen LogP contribution is 2.55. The van der Waals surface area contributed by atoms with Gasteiger partial charge in [0.25, 0.3) is 0 Å². The molecule has 1 saturated heterocycles. The molecule has 2 fully saturated rings. The van der Waals surface area contributed by atoms with Crippen LogP contribution in [0.25, 0.3) is 0 Å². The predicted molar refractivity (Wildman–Crippen MR) is 105 cm³/mol. The number of ether oxygens (including phenoxy) is 1. The summed E-state index contributed by atoms with van der Waals surface area (Å²) in [5, 5.41) is 14.9. The van der Waals surface area contributed by atoms with E-state index in [0.717, 1.165) is 19.3 Å². The second-order valence-corrected chi connectivity index (χ2v) is 8.84. The van der Waals surface area contributed by atoms with Crippen molar-refractivity contribution in [2.75, 3.05) is 6.54 Å². The molecular formula is C23H31NO3. The molecule has 2 N–H and O–H groups in total. The summed E-state index contributed by atoms with van der Waals surface area (Å²) in [6.45, 7) is 7.06. The lowest BCUT2D eigenvalue weighted by Gasteiger charge is -2.51. The van der Waals surface area contributed by atoms with Crippen LogP contribution in [0.1, 0.15) is 51.6 Å². The predicted octanol–water partition coefficient (Wildman–Crippen LogP) is 3.62. The summed E-state index contributed by atoms with van der Waals surface area (Å²) in [6.07, 6.45) is 4.48. The van der Waals surface area contributed by atoms with Crippen molar-refractivity contribution in [2.24, 2.45) is 23.2 Å². The Labute approximate surface area is 162 Å². The Morgan fingerprint density at radius 2 is 2.07 bits per heavy atom. The second kappa shape index (κ2) is 7.06. The molecule has 146 valence electrons. The summed E-state index contributed by atoms with van der Waals surface area (Å²) in [5.74, 6) is -0.160. The summed E-state index contributed by atoms with van der Waals surface area (Å²) in [5.41, 5.74) is 2.24. The lowest BCUT2D eigenvalue weighted by atomic mass is 9.55. The van der Waals surface area contributed by atoms with Gasteiger partial charge in [-0.05, 0) is 31.2 Å². The van der Waals surface area contributed by atoms with Crippen molar-refractivity contribution >= 4 is 5.97 Å². The summed E-state index contributed by atoms with van der Waals surface area (Å²) in [7, 11) is 0. The number of rotatable bonds is 4. The first-order valence-electron chi connectivity index (χ1n) is 10.3. The second-order valence-electron chi connectivity index (χ2n) is 8.84. The number of aliphatic hydroxyl groups excluding tert-OH is 1. The van der Waals surface area contributed by atoms with Gasteiger partial charge in [-0.2, -0.15) is 0 Å². The number of fused-ring (bicyclic) bond motifs is 2. The fourth-order valence-electron chi connectivity index (χ4n) is 5.46. The molecule has 1 aliphatic heterocycles. The Balaban J connectivity index is 1.52. The van der Waals surface area contributed by atoms with Crippen LogP contribution in [0.2, 0.25) is 0 Å². The van der Waals surface area contributed by atoms with Crippen LogP contribution in [0.3, 0.4) is 0 Å². The quantitative estimate of drug-likeness (QED) is 0.629. The maximum atomic E-state index is 12.6. The molecule has 0 bridgehead atoms. The molecule has 0 spiro atoms. The lowest BCUT2D eigenvalue weighted by molar-refractivity contribution is -0.144. The molecule has 7 atom stereocenters. The number of carbonyl (C=O) groups excluding carboxylic acids is 1. The van der Waals surface area contributed by atoms with Crippen molar-refractivity contribution in [3.8, 4) is 0 Å². The standard InChI is InChI=1S/C23H31NO3/c1-14-8-7-11-17-12-19-20(21(25)23(14,17)3)18(22(26)27-19)13-24-15(2)16-9-5-4-6-10-16/h4-6,9-11,14-15,18-21,24-25H,7-8,12-13H2,1-3H3/t14-,15+,18-,19-,20-,21+,23-/m1/s1. The van der Waals surface area contributed by atoms with E-state index in [1.54, 1.807) is 0 Å². The van der Waals surface area contributed by atoms with E-state index >= 15 is 0 Å². The molecule has 3 aliphatic rings. The average Bonchev–Trinajstić information content (AvgIpc) is 2.98. The largest absolute Gasteiger partial charge is 0.461 e. The molecule has 4 rings (SSSR count). The van der Waals surface area contributed by atoms with Crippen LogP contribution in [0.15, 0.2) is 42.0 Å². The average molecular weight is 370 g/mol. The number of aliphatic hydroxyl groups is 1. The highest BCUT2D eigenvalue weighted by atomic mass is 16.6. The van der Waals surface area contributed by atoms with Gasteiger partial charge < -0.3 is 15.2 Å². The number of benzene rings is 1. The van der Waals surface area contributed by atoms with E-state index in [4.69, 9.17) is 4.74 Å². The van der Waals surface area contributed by atoms with Crippen LogP contribution in [0, 0.1) is 23.2 Å². The van der Waals surface area contributed by atoms with Crippen molar-refractivity contribution in [3.63, 3.8) is 0 Å². The van der Waals surface area contributed by atoms with Crippen molar-refractivity contribution < 1.29 is 14.6 Å². The highest BCUT2D eigenvalue weighted by Gasteiger charge is 2.59. The van der Waals surface area contributed by atoms with Gasteiger partial charge in [-0.1, -0.05) is 55.8 Å². The third-order valence-electron chi connectivity index (χ3n) is 7.51. The zero-order chi connectivity index (χ0) is 19.2. The topological polar surface area (TPSA) is 58.6 Å². The van der Waals surface area contributed by atoms with Crippen LogP contribution in [-0.4, -0.2) is 29.8 Å². The van der Waals surface area contributed by atoms with Crippen molar-refractivity contribution in [3.05, 3.63) is 47.5 Å². The molecule has 2 aliphatic carbocycles. The van der Waals surface area contributed by atoms with Crippen molar-refractivity contribution in [1.82, 2.24) is 5.32 Å². The van der Waals surface area contributed by atoms with Crippen LogP contribution in [0.5, 0.6) is 0 Å². The molecular weight excluding hydrogens is 338 g/mol. The van der Waals surface area contributed by atoms with E-state index < -0.39 is 6.10 Å². The molecule has 0 amide bonds. The molecule has 1 saturated carbocycles. The zero-order valence-electron chi connectivity index (χ0n) is 16.5. The zero-order valence-corrected chi connectivity index (χ0v) is 16.5. The summed E-state index contributed by atoms with van der Waals surface area (Å²) in [6, 6.07) is 10.4. The third-order valence-corrected chi connectivity index (χ3v) is 7.51. The number of hydrogen-bond donors (Lipinski definition) is 2. The number of allylic oxidation sites excluding steroid dienone is 1. The summed E-state index contributed by atoms with van der Waals surface area (Å²) < 4.78 is 5.74. The van der Waals surface area contributed by atoms with E-state index in [-0.39, 0.29) is 35.4 Å². The van der Waals surface area contributed by atoms with Crippen LogP contribution < -0.4 is 5.32 Å². The number of esters is 1. The fraction of sp³-hybridized carbons (Fsp3) is 0.609. The van der Waals surface area contributed by atoms with Gasteiger partial charge in [-0.25, -0.2) is 0 Å². The fourth-order valence-corrected chi connectivity index (χ4v) is 5.46. The minimum atomic E-state index is -0.539. The minimum absolute atomic E-state index is 0.129. The number of hydrogen-bond acceptors (Lipinski definition) is 4. The first-order chi connectivity index (χ1) is 12.9. The maximum Gasteiger partial charge on any atom is 0.311 e. The molecule has 0 radical (unpaired) electrons. The van der Waals surface area contributed by atoms with E-state index in [2.05, 4.69) is 44.3 Å². The summed E-state index contributed by atoms with van der Waals surface area (Å²) >= 11 is 0. The van der Waals surface area contributed by atoms with Gasteiger partial charge in [-0.15, -0.1) is 0 Å². The highest BCUT2D eigenvalue weighted by molar-refractivity contribution is 5.76. The van der Waals surface area contributed by atoms with E-state index in [1.807, 2.05) is 18.2 Å². The molecule has 4 heteroatoms. The molecule has 1 aromatic rings. The first kappa shape index (κ1) is 18.7. The van der Waals surface area contributed by atoms with Crippen LogP contribution in [0.4, 0.5) is 0 Å². The third kappa shape index (κ3) is 3.03. The van der Waals surface area contributed by atoms with Crippen molar-refractivity contribution in [2.45, 2.75) is 58.3 Å². The lowest BCUT2D eigenvalue weighted by Crippen LogP contribution is -2.54. The van der Waals surface area contributed by atoms with Crippen LogP contribution >= 0.6 is 0 Å². The summed E-state index contributed by atoms with van der Waals surface area (Å²) in [4.78, 5) is 12.6. The van der Waals surface area contributed by atoms with Gasteiger partial charge in [-0.3, -0.25) is 4.79 Å². The Morgan fingerprint density at radius 3 is 2.81 bits per heavy atom. The van der Waals surface area contributed by atoms with E-state index in [0.29, 0.717) is 12.5 Å². The number of carbonyl (C=O) groups is 1. The Kier molecular flexibility index (Phi) is 4.89. The maximum absolute atomic E-state index is 12.6. The minimum Gasteiger partial charge on any atom is -0.461 e. The first-order valence-corrected chi connectivity index (χ1v) is 10.3. The van der Waals surface area contributed by atoms with Gasteiger partial charge in [0.2, 0.25) is 0 Å². The molecule has 0 aromatic heterocycles. The molecule has 1 heterocycles. The molecule has 27 heavy (non-hydrogen) atoms. The van der Waals surface area contributed by atoms with Gasteiger partial charge in [0.1, 0.15) is 6.10 Å². The molecule has 0 unspecified atom stereocenters. The Bertz CT molecular complexity index is 730. The smallest absolute Gasteiger partial charge is 0.311 e. The van der Waals surface area contributed by atoms with Gasteiger partial charge in [0, 0.05) is 30.3 Å². The van der Waals surface area contributed by atoms with Gasteiger partial charge >= 0.3 is 5.97 Å². The molecule has 4 nitrogen and oxygen atoms in total. The normalized spacial score (nSPS) is 39.2. The van der Waals surface area contributed by atoms with Gasteiger partial charge in [0.15, 0.2) is 0 Å². The van der Waals surface area contributed by atoms with E-state index in [9.17, 15) is 9.90 Å².